The van der Waals surface area contributed by atoms with Gasteiger partial charge in [0.25, 0.3) is 5.91 Å². The highest BCUT2D eigenvalue weighted by Gasteiger charge is 2.31. The summed E-state index contributed by atoms with van der Waals surface area (Å²) in [5, 5.41) is 1.60. The highest BCUT2D eigenvalue weighted by Crippen LogP contribution is 2.37. The van der Waals surface area contributed by atoms with Crippen LogP contribution in [0.5, 0.6) is 0 Å². The fraction of sp³-hybridized carbons (Fsp3) is 0.438. The van der Waals surface area contributed by atoms with E-state index < -0.39 is 0 Å². The van der Waals surface area contributed by atoms with E-state index in [9.17, 15) is 4.79 Å². The molecule has 2 nitrogen and oxygen atoms in total. The summed E-state index contributed by atoms with van der Waals surface area (Å²) in [6.07, 6.45) is 3.36. The van der Waals surface area contributed by atoms with Gasteiger partial charge in [-0.05, 0) is 39.2 Å². The first kappa shape index (κ1) is 13.9. The minimum Gasteiger partial charge on any atom is -0.332 e. The molecule has 20 heavy (non-hydrogen) atoms. The molecular weight excluding hydrogens is 290 g/mol. The number of benzene rings is 1. The second-order valence-corrected chi connectivity index (χ2v) is 7.01. The number of nitrogens with zero attached hydrogens (tertiary/aromatic N) is 1. The van der Waals surface area contributed by atoms with E-state index in [0.717, 1.165) is 22.9 Å². The minimum atomic E-state index is 0.0934. The fourth-order valence-electron chi connectivity index (χ4n) is 3.09. The van der Waals surface area contributed by atoms with Crippen LogP contribution in [-0.4, -0.2) is 22.9 Å². The van der Waals surface area contributed by atoms with Crippen LogP contribution in [0.3, 0.4) is 0 Å². The van der Waals surface area contributed by atoms with Gasteiger partial charge in [0.15, 0.2) is 0 Å². The molecule has 2 aromatic rings. The van der Waals surface area contributed by atoms with Crippen molar-refractivity contribution in [2.45, 2.75) is 45.2 Å². The number of likely N-dealkylation sites (tertiary alicyclic amines) is 1. The highest BCUT2D eigenvalue weighted by atomic mass is 35.5. The molecule has 106 valence electrons. The van der Waals surface area contributed by atoms with Crippen molar-refractivity contribution in [1.82, 2.24) is 4.90 Å². The van der Waals surface area contributed by atoms with Gasteiger partial charge in [-0.2, -0.15) is 0 Å². The van der Waals surface area contributed by atoms with Gasteiger partial charge in [0, 0.05) is 22.2 Å². The third-order valence-electron chi connectivity index (χ3n) is 4.16. The van der Waals surface area contributed by atoms with Crippen molar-refractivity contribution in [3.8, 4) is 0 Å². The van der Waals surface area contributed by atoms with Crippen molar-refractivity contribution >= 4 is 38.9 Å². The SMILES string of the molecule is CC1CCCC(C)N1C(=O)c1sc2ccccc2c1Cl. The highest BCUT2D eigenvalue weighted by molar-refractivity contribution is 7.21. The van der Waals surface area contributed by atoms with E-state index in [4.69, 9.17) is 11.6 Å². The summed E-state index contributed by atoms with van der Waals surface area (Å²) in [5.74, 6) is 0.0934. The van der Waals surface area contributed by atoms with Crippen molar-refractivity contribution in [3.63, 3.8) is 0 Å². The molecule has 2 atom stereocenters. The Kier molecular flexibility index (Phi) is 3.74. The number of thiophene rings is 1. The van der Waals surface area contributed by atoms with Crippen LogP contribution in [0.15, 0.2) is 24.3 Å². The lowest BCUT2D eigenvalue weighted by molar-refractivity contribution is 0.0516. The van der Waals surface area contributed by atoms with Crippen molar-refractivity contribution in [3.05, 3.63) is 34.2 Å². The first-order valence-electron chi connectivity index (χ1n) is 7.09. The Labute approximate surface area is 128 Å². The second kappa shape index (κ2) is 5.38. The number of fused-ring (bicyclic) bond motifs is 1. The standard InChI is InChI=1S/C16H18ClNOS/c1-10-6-5-7-11(2)18(10)16(19)15-14(17)12-8-3-4-9-13(12)20-15/h3-4,8-11H,5-7H2,1-2H3. The topological polar surface area (TPSA) is 20.3 Å². The average Bonchev–Trinajstić information content (AvgIpc) is 2.76. The zero-order chi connectivity index (χ0) is 14.3. The smallest absolute Gasteiger partial charge is 0.265 e. The van der Waals surface area contributed by atoms with E-state index in [2.05, 4.69) is 13.8 Å². The number of piperidine rings is 1. The van der Waals surface area contributed by atoms with Crippen LogP contribution in [0.1, 0.15) is 42.8 Å². The second-order valence-electron chi connectivity index (χ2n) is 5.58. The normalized spacial score (nSPS) is 23.2. The maximum atomic E-state index is 12.9. The molecule has 3 rings (SSSR count). The summed E-state index contributed by atoms with van der Waals surface area (Å²) in [7, 11) is 0. The number of hydrogen-bond donors (Lipinski definition) is 0. The Morgan fingerprint density at radius 1 is 1.25 bits per heavy atom. The summed E-state index contributed by atoms with van der Waals surface area (Å²) in [6, 6.07) is 8.54. The van der Waals surface area contributed by atoms with E-state index in [0.29, 0.717) is 22.0 Å². The lowest BCUT2D eigenvalue weighted by atomic mass is 9.97. The van der Waals surface area contributed by atoms with Crippen LogP contribution in [0, 0.1) is 0 Å². The monoisotopic (exact) mass is 307 g/mol. The Morgan fingerprint density at radius 3 is 2.55 bits per heavy atom. The van der Waals surface area contributed by atoms with Gasteiger partial charge in [0.1, 0.15) is 4.88 Å². The lowest BCUT2D eigenvalue weighted by Gasteiger charge is -2.38. The predicted molar refractivity (Wildman–Crippen MR) is 85.8 cm³/mol. The first-order chi connectivity index (χ1) is 9.59. The number of carbonyl (C=O) groups excluding carboxylic acids is 1. The Hall–Kier alpha value is -1.06. The number of amides is 1. The van der Waals surface area contributed by atoms with Crippen LogP contribution in [-0.2, 0) is 0 Å². The molecule has 1 aliphatic heterocycles. The molecule has 1 saturated heterocycles. The molecule has 2 heterocycles. The van der Waals surface area contributed by atoms with Gasteiger partial charge in [0.2, 0.25) is 0 Å². The Bertz CT molecular complexity index is 641. The van der Waals surface area contributed by atoms with E-state index >= 15 is 0 Å². The summed E-state index contributed by atoms with van der Waals surface area (Å²) in [4.78, 5) is 15.6. The molecule has 0 bridgehead atoms. The molecular formula is C16H18ClNOS. The molecule has 4 heteroatoms. The van der Waals surface area contributed by atoms with Gasteiger partial charge >= 0.3 is 0 Å². The zero-order valence-electron chi connectivity index (χ0n) is 11.7. The van der Waals surface area contributed by atoms with Crippen molar-refractivity contribution < 1.29 is 4.79 Å². The predicted octanol–water partition coefficient (Wildman–Crippen LogP) is 4.96. The van der Waals surface area contributed by atoms with Gasteiger partial charge in [-0.1, -0.05) is 29.8 Å². The van der Waals surface area contributed by atoms with Crippen molar-refractivity contribution in [2.75, 3.05) is 0 Å². The summed E-state index contributed by atoms with van der Waals surface area (Å²) < 4.78 is 1.08. The molecule has 1 amide bonds. The van der Waals surface area contributed by atoms with Gasteiger partial charge in [-0.25, -0.2) is 0 Å². The van der Waals surface area contributed by atoms with Crippen molar-refractivity contribution in [1.29, 1.82) is 0 Å². The third kappa shape index (κ3) is 2.23. The molecule has 2 unspecified atom stereocenters. The van der Waals surface area contributed by atoms with E-state index in [-0.39, 0.29) is 5.91 Å². The van der Waals surface area contributed by atoms with Crippen LogP contribution < -0.4 is 0 Å². The molecule has 0 spiro atoms. The molecule has 0 aliphatic carbocycles. The van der Waals surface area contributed by atoms with Gasteiger partial charge < -0.3 is 4.90 Å². The Balaban J connectivity index is 2.01. The first-order valence-corrected chi connectivity index (χ1v) is 8.28. The third-order valence-corrected chi connectivity index (χ3v) is 5.82. The average molecular weight is 308 g/mol. The molecule has 0 saturated carbocycles. The summed E-state index contributed by atoms with van der Waals surface area (Å²) in [5.41, 5.74) is 0. The van der Waals surface area contributed by atoms with E-state index in [1.807, 2.05) is 29.2 Å². The summed E-state index contributed by atoms with van der Waals surface area (Å²) >= 11 is 7.94. The minimum absolute atomic E-state index is 0.0934. The Morgan fingerprint density at radius 2 is 1.90 bits per heavy atom. The van der Waals surface area contributed by atoms with Gasteiger partial charge in [-0.3, -0.25) is 4.79 Å². The van der Waals surface area contributed by atoms with E-state index in [1.54, 1.807) is 0 Å². The molecule has 1 aliphatic rings. The number of carbonyl (C=O) groups is 1. The van der Waals surface area contributed by atoms with Crippen LogP contribution in [0.4, 0.5) is 0 Å². The maximum absolute atomic E-state index is 12.9. The fourth-order valence-corrected chi connectivity index (χ4v) is 4.55. The number of hydrogen-bond acceptors (Lipinski definition) is 2. The quantitative estimate of drug-likeness (QED) is 0.729. The molecule has 0 radical (unpaired) electrons. The molecule has 1 aromatic carbocycles. The van der Waals surface area contributed by atoms with Gasteiger partial charge in [0.05, 0.1) is 5.02 Å². The zero-order valence-corrected chi connectivity index (χ0v) is 13.3. The van der Waals surface area contributed by atoms with Crippen LogP contribution >= 0.6 is 22.9 Å². The summed E-state index contributed by atoms with van der Waals surface area (Å²) in [6.45, 7) is 4.27. The number of rotatable bonds is 1. The van der Waals surface area contributed by atoms with E-state index in [1.165, 1.54) is 17.8 Å². The van der Waals surface area contributed by atoms with Gasteiger partial charge in [-0.15, -0.1) is 11.3 Å². The van der Waals surface area contributed by atoms with Crippen LogP contribution in [0.2, 0.25) is 5.02 Å². The largest absolute Gasteiger partial charge is 0.332 e. The number of halogens is 1. The molecule has 1 fully saturated rings. The van der Waals surface area contributed by atoms with Crippen molar-refractivity contribution in [2.24, 2.45) is 0 Å². The molecule has 1 aromatic heterocycles. The lowest BCUT2D eigenvalue weighted by Crippen LogP contribution is -2.47. The maximum Gasteiger partial charge on any atom is 0.265 e. The van der Waals surface area contributed by atoms with Crippen LogP contribution in [0.25, 0.3) is 10.1 Å². The molecule has 0 N–H and O–H groups in total.